The molecule has 0 saturated carbocycles. The van der Waals surface area contributed by atoms with Gasteiger partial charge in [-0.05, 0) is 38.1 Å². The quantitative estimate of drug-likeness (QED) is 0.620. The van der Waals surface area contributed by atoms with Gasteiger partial charge in [0.1, 0.15) is 16.5 Å². The molecule has 3 N–H and O–H groups in total. The maximum atomic E-state index is 12.4. The Bertz CT molecular complexity index is 897. The van der Waals surface area contributed by atoms with Gasteiger partial charge in [0.05, 0.1) is 24.2 Å². The molecule has 0 aliphatic heterocycles. The van der Waals surface area contributed by atoms with Crippen LogP contribution in [0, 0.1) is 13.8 Å². The van der Waals surface area contributed by atoms with Gasteiger partial charge in [0.2, 0.25) is 0 Å². The summed E-state index contributed by atoms with van der Waals surface area (Å²) in [6, 6.07) is 6.78. The Hall–Kier alpha value is -2.88. The molecule has 0 bridgehead atoms. The van der Waals surface area contributed by atoms with Crippen LogP contribution in [0.2, 0.25) is 0 Å². The van der Waals surface area contributed by atoms with Crippen molar-refractivity contribution in [3.63, 3.8) is 0 Å². The molecule has 9 nitrogen and oxygen atoms in total. The van der Waals surface area contributed by atoms with E-state index in [1.54, 1.807) is 32.2 Å². The lowest BCUT2D eigenvalue weighted by molar-refractivity contribution is 0.517. The number of anilines is 2. The second-order valence-corrected chi connectivity index (χ2v) is 6.72. The summed E-state index contributed by atoms with van der Waals surface area (Å²) in [6.07, 6.45) is 1.58. The van der Waals surface area contributed by atoms with Crippen LogP contribution in [0.5, 0.6) is 0 Å². The fourth-order valence-electron chi connectivity index (χ4n) is 2.20. The van der Waals surface area contributed by atoms with E-state index in [1.165, 1.54) is 6.07 Å². The molecule has 0 unspecified atom stereocenters. The Kier molecular flexibility index (Phi) is 4.21. The summed E-state index contributed by atoms with van der Waals surface area (Å²) < 4.78 is 32.4. The molecule has 0 radical (unpaired) electrons. The average Bonchev–Trinajstić information content (AvgIpc) is 3.16. The number of hydrogen-bond donors (Lipinski definition) is 3. The minimum Gasteiger partial charge on any atom is -0.467 e. The first-order valence-electron chi connectivity index (χ1n) is 7.10. The largest absolute Gasteiger partial charge is 0.467 e. The first kappa shape index (κ1) is 16.0. The maximum Gasteiger partial charge on any atom is 0.266 e. The number of aryl methyl sites for hydroxylation is 2. The van der Waals surface area contributed by atoms with Crippen LogP contribution >= 0.6 is 0 Å². The molecule has 3 aromatic rings. The van der Waals surface area contributed by atoms with E-state index in [0.29, 0.717) is 23.8 Å². The predicted molar refractivity (Wildman–Crippen MR) is 86.9 cm³/mol. The van der Waals surface area contributed by atoms with Gasteiger partial charge in [0.15, 0.2) is 5.82 Å². The highest BCUT2D eigenvalue weighted by atomic mass is 32.2. The minimum absolute atomic E-state index is 0.115. The molecule has 3 heterocycles. The number of aromatic amines is 1. The Labute approximate surface area is 138 Å². The Morgan fingerprint density at radius 3 is 2.50 bits per heavy atom. The lowest BCUT2D eigenvalue weighted by Gasteiger charge is -2.08. The molecule has 0 amide bonds. The number of rotatable bonds is 6. The van der Waals surface area contributed by atoms with Crippen molar-refractivity contribution in [2.24, 2.45) is 0 Å². The molecule has 10 heteroatoms. The van der Waals surface area contributed by atoms with Crippen LogP contribution in [-0.4, -0.2) is 28.8 Å². The van der Waals surface area contributed by atoms with Crippen LogP contribution in [-0.2, 0) is 16.6 Å². The zero-order valence-electron chi connectivity index (χ0n) is 13.1. The van der Waals surface area contributed by atoms with Gasteiger partial charge in [-0.1, -0.05) is 0 Å². The molecule has 0 aliphatic rings. The zero-order valence-corrected chi connectivity index (χ0v) is 13.9. The van der Waals surface area contributed by atoms with Gasteiger partial charge >= 0.3 is 0 Å². The van der Waals surface area contributed by atoms with Crippen molar-refractivity contribution in [1.82, 2.24) is 20.4 Å². The summed E-state index contributed by atoms with van der Waals surface area (Å²) in [4.78, 5) is 0.115. The molecule has 0 aromatic carbocycles. The first-order valence-corrected chi connectivity index (χ1v) is 8.58. The van der Waals surface area contributed by atoms with E-state index in [4.69, 9.17) is 4.42 Å². The van der Waals surface area contributed by atoms with Crippen molar-refractivity contribution >= 4 is 21.7 Å². The van der Waals surface area contributed by atoms with Gasteiger partial charge in [-0.2, -0.15) is 5.10 Å². The average molecular weight is 348 g/mol. The van der Waals surface area contributed by atoms with Crippen molar-refractivity contribution < 1.29 is 12.8 Å². The van der Waals surface area contributed by atoms with Crippen LogP contribution in [0.1, 0.15) is 17.1 Å². The molecule has 3 aromatic heterocycles. The zero-order chi connectivity index (χ0) is 17.2. The second-order valence-electron chi connectivity index (χ2n) is 5.11. The highest BCUT2D eigenvalue weighted by molar-refractivity contribution is 7.92. The third-order valence-corrected chi connectivity index (χ3v) is 4.87. The van der Waals surface area contributed by atoms with E-state index in [0.717, 1.165) is 5.76 Å². The van der Waals surface area contributed by atoms with Gasteiger partial charge in [0, 0.05) is 0 Å². The van der Waals surface area contributed by atoms with Crippen molar-refractivity contribution in [3.05, 3.63) is 47.7 Å². The van der Waals surface area contributed by atoms with Crippen LogP contribution in [0.25, 0.3) is 0 Å². The molecule has 0 saturated heterocycles. The number of hydrogen-bond acceptors (Lipinski definition) is 7. The van der Waals surface area contributed by atoms with Gasteiger partial charge < -0.3 is 9.73 Å². The third-order valence-electron chi connectivity index (χ3n) is 3.26. The topological polar surface area (TPSA) is 126 Å². The smallest absolute Gasteiger partial charge is 0.266 e. The molecular weight excluding hydrogens is 332 g/mol. The summed E-state index contributed by atoms with van der Waals surface area (Å²) in [5, 5.41) is 17.4. The second kappa shape index (κ2) is 6.32. The van der Waals surface area contributed by atoms with Crippen LogP contribution in [0.15, 0.2) is 39.8 Å². The Balaban J connectivity index is 1.70. The molecular formula is C14H16N6O3S. The van der Waals surface area contributed by atoms with Crippen LogP contribution in [0.4, 0.5) is 11.6 Å². The summed E-state index contributed by atoms with van der Waals surface area (Å²) >= 11 is 0. The molecule has 24 heavy (non-hydrogen) atoms. The van der Waals surface area contributed by atoms with E-state index in [2.05, 4.69) is 30.4 Å². The van der Waals surface area contributed by atoms with Crippen molar-refractivity contribution in [2.75, 3.05) is 10.0 Å². The number of nitrogens with one attached hydrogen (secondary N) is 3. The van der Waals surface area contributed by atoms with Crippen LogP contribution in [0.3, 0.4) is 0 Å². The number of H-pyrrole nitrogens is 1. The van der Waals surface area contributed by atoms with E-state index >= 15 is 0 Å². The fraction of sp³-hybridized carbons (Fsp3) is 0.214. The normalized spacial score (nSPS) is 11.4. The highest BCUT2D eigenvalue weighted by Gasteiger charge is 2.22. The number of aromatic nitrogens is 4. The Morgan fingerprint density at radius 2 is 1.92 bits per heavy atom. The summed E-state index contributed by atoms with van der Waals surface area (Å²) in [7, 11) is -3.77. The van der Waals surface area contributed by atoms with E-state index < -0.39 is 10.0 Å². The SMILES string of the molecule is Cc1n[nH]c(C)c1S(=O)(=O)Nc1ccc(NCc2ccco2)nn1. The van der Waals surface area contributed by atoms with Crippen molar-refractivity contribution in [3.8, 4) is 0 Å². The summed E-state index contributed by atoms with van der Waals surface area (Å²) in [5.74, 6) is 1.39. The van der Waals surface area contributed by atoms with Gasteiger partial charge in [-0.15, -0.1) is 10.2 Å². The molecule has 0 spiro atoms. The molecule has 126 valence electrons. The molecule has 0 aliphatic carbocycles. The maximum absolute atomic E-state index is 12.4. The van der Waals surface area contributed by atoms with Gasteiger partial charge in [0.25, 0.3) is 10.0 Å². The highest BCUT2D eigenvalue weighted by Crippen LogP contribution is 2.20. The summed E-state index contributed by atoms with van der Waals surface area (Å²) in [6.45, 7) is 3.72. The lowest BCUT2D eigenvalue weighted by Crippen LogP contribution is -2.16. The Morgan fingerprint density at radius 1 is 1.17 bits per heavy atom. The predicted octanol–water partition coefficient (Wildman–Crippen LogP) is 1.82. The number of nitrogens with zero attached hydrogens (tertiary/aromatic N) is 3. The standard InChI is InChI=1S/C14H16N6O3S/c1-9-14(10(2)17-16-9)24(21,22)20-13-6-5-12(18-19-13)15-8-11-4-3-7-23-11/h3-7H,8H2,1-2H3,(H,15,18)(H,16,17)(H,19,20). The van der Waals surface area contributed by atoms with E-state index in [1.807, 2.05) is 6.07 Å². The van der Waals surface area contributed by atoms with Gasteiger partial charge in [-0.3, -0.25) is 9.82 Å². The number of furan rings is 1. The van der Waals surface area contributed by atoms with Gasteiger partial charge in [-0.25, -0.2) is 8.42 Å². The molecule has 3 rings (SSSR count). The monoisotopic (exact) mass is 348 g/mol. The number of sulfonamides is 1. The minimum atomic E-state index is -3.77. The molecule has 0 fully saturated rings. The van der Waals surface area contributed by atoms with Crippen LogP contribution < -0.4 is 10.0 Å². The third kappa shape index (κ3) is 3.38. The van der Waals surface area contributed by atoms with E-state index in [-0.39, 0.29) is 10.7 Å². The van der Waals surface area contributed by atoms with Crippen molar-refractivity contribution in [2.45, 2.75) is 25.3 Å². The lowest BCUT2D eigenvalue weighted by atomic mass is 10.4. The summed E-state index contributed by atoms with van der Waals surface area (Å²) in [5.41, 5.74) is 0.856. The molecule has 0 atom stereocenters. The van der Waals surface area contributed by atoms with Crippen molar-refractivity contribution in [1.29, 1.82) is 0 Å². The fourth-order valence-corrected chi connectivity index (χ4v) is 3.57. The first-order chi connectivity index (χ1) is 11.5. The van der Waals surface area contributed by atoms with E-state index in [9.17, 15) is 8.42 Å².